The van der Waals surface area contributed by atoms with Crippen LogP contribution in [0.1, 0.15) is 28.8 Å². The molecule has 2 fully saturated rings. The van der Waals surface area contributed by atoms with Gasteiger partial charge in [0.25, 0.3) is 5.91 Å². The van der Waals surface area contributed by atoms with Crippen molar-refractivity contribution in [2.75, 3.05) is 67.1 Å². The maximum Gasteiger partial charge on any atom is 0.254 e. The molecule has 1 N–H and O–H groups in total. The third-order valence-electron chi connectivity index (χ3n) is 6.93. The van der Waals surface area contributed by atoms with Crippen molar-refractivity contribution in [3.05, 3.63) is 53.6 Å². The molecule has 0 saturated carbocycles. The highest BCUT2D eigenvalue weighted by Crippen LogP contribution is 2.28. The van der Waals surface area contributed by atoms with Gasteiger partial charge in [0.1, 0.15) is 12.4 Å². The van der Waals surface area contributed by atoms with Crippen molar-refractivity contribution in [1.29, 1.82) is 0 Å². The minimum absolute atomic E-state index is 0.00829. The lowest BCUT2D eigenvalue weighted by Crippen LogP contribution is -2.49. The molecule has 2 aliphatic heterocycles. The molecule has 0 radical (unpaired) electrons. The van der Waals surface area contributed by atoms with Crippen LogP contribution >= 0.6 is 0 Å². The molecule has 37 heavy (non-hydrogen) atoms. The first kappa shape index (κ1) is 26.8. The number of amides is 2. The Hall–Kier alpha value is -3.30. The lowest BCUT2D eigenvalue weighted by Gasteiger charge is -2.34. The third-order valence-corrected chi connectivity index (χ3v) is 6.93. The van der Waals surface area contributed by atoms with Gasteiger partial charge in [-0.05, 0) is 49.4 Å². The second-order valence-corrected chi connectivity index (χ2v) is 9.70. The van der Waals surface area contributed by atoms with Gasteiger partial charge >= 0.3 is 0 Å². The summed E-state index contributed by atoms with van der Waals surface area (Å²) in [5, 5.41) is 3.03. The van der Waals surface area contributed by atoms with Gasteiger partial charge in [-0.2, -0.15) is 0 Å². The summed E-state index contributed by atoms with van der Waals surface area (Å²) in [6, 6.07) is 13.7. The summed E-state index contributed by atoms with van der Waals surface area (Å²) in [5.41, 5.74) is 1.79. The molecule has 0 aromatic heterocycles. The molecule has 2 heterocycles. The van der Waals surface area contributed by atoms with E-state index in [1.54, 1.807) is 32.4 Å². The number of carbonyl (C=O) groups is 2. The number of benzene rings is 2. The highest BCUT2D eigenvalue weighted by Gasteiger charge is 2.23. The Morgan fingerprint density at radius 2 is 1.84 bits per heavy atom. The summed E-state index contributed by atoms with van der Waals surface area (Å²) < 4.78 is 16.6. The van der Waals surface area contributed by atoms with Crippen LogP contribution in [-0.2, 0) is 11.3 Å². The van der Waals surface area contributed by atoms with E-state index in [0.717, 1.165) is 44.9 Å². The van der Waals surface area contributed by atoms with Crippen molar-refractivity contribution in [3.8, 4) is 17.2 Å². The average molecular weight is 511 g/mol. The zero-order valence-electron chi connectivity index (χ0n) is 22.1. The summed E-state index contributed by atoms with van der Waals surface area (Å²) in [5.74, 6) is 2.19. The Kier molecular flexibility index (Phi) is 9.24. The van der Waals surface area contributed by atoms with Crippen LogP contribution in [0.4, 0.5) is 0 Å². The lowest BCUT2D eigenvalue weighted by atomic mass is 10.1. The smallest absolute Gasteiger partial charge is 0.254 e. The highest BCUT2D eigenvalue weighted by molar-refractivity contribution is 5.95. The number of hydrogen-bond donors (Lipinski definition) is 1. The van der Waals surface area contributed by atoms with Gasteiger partial charge in [0, 0.05) is 63.8 Å². The summed E-state index contributed by atoms with van der Waals surface area (Å²) in [6.45, 7) is 6.03. The van der Waals surface area contributed by atoms with E-state index in [1.807, 2.05) is 17.0 Å². The molecule has 1 unspecified atom stereocenters. The number of ether oxygens (including phenoxy) is 3. The van der Waals surface area contributed by atoms with Crippen LogP contribution in [0.3, 0.4) is 0 Å². The van der Waals surface area contributed by atoms with Crippen molar-refractivity contribution in [2.24, 2.45) is 0 Å². The standard InChI is InChI=1S/C28H38N4O5/c1-30(20-23-8-10-27(33)29-23)19-21-5-4-6-24(17-21)37-16-15-31-11-13-32(14-12-31)28(34)22-7-9-25(35-2)26(18-22)36-3/h4-7,9,17-18,23H,8,10-16,19-20H2,1-3H3,(H,29,33). The normalized spacial score (nSPS) is 18.1. The quantitative estimate of drug-likeness (QED) is 0.497. The molecule has 0 spiro atoms. The fourth-order valence-corrected chi connectivity index (χ4v) is 4.92. The largest absolute Gasteiger partial charge is 0.493 e. The molecule has 2 aliphatic rings. The summed E-state index contributed by atoms with van der Waals surface area (Å²) in [4.78, 5) is 30.8. The molecular formula is C28H38N4O5. The van der Waals surface area contributed by atoms with Gasteiger partial charge in [-0.1, -0.05) is 12.1 Å². The first-order valence-electron chi connectivity index (χ1n) is 12.9. The number of rotatable bonds is 11. The average Bonchev–Trinajstić information content (AvgIpc) is 3.32. The Morgan fingerprint density at radius 3 is 2.54 bits per heavy atom. The Labute approximate surface area is 219 Å². The van der Waals surface area contributed by atoms with Crippen LogP contribution in [0.15, 0.2) is 42.5 Å². The minimum atomic E-state index is 0.00829. The van der Waals surface area contributed by atoms with E-state index in [0.29, 0.717) is 43.2 Å². The molecule has 0 bridgehead atoms. The van der Waals surface area contributed by atoms with E-state index >= 15 is 0 Å². The fraction of sp³-hybridized carbons (Fsp3) is 0.500. The van der Waals surface area contributed by atoms with Crippen LogP contribution in [0.5, 0.6) is 17.2 Å². The molecule has 9 nitrogen and oxygen atoms in total. The van der Waals surface area contributed by atoms with Gasteiger partial charge in [0.05, 0.1) is 14.2 Å². The van der Waals surface area contributed by atoms with Crippen LogP contribution in [-0.4, -0.2) is 99.7 Å². The predicted octanol–water partition coefficient (Wildman–Crippen LogP) is 2.25. The molecule has 1 atom stereocenters. The summed E-state index contributed by atoms with van der Waals surface area (Å²) >= 11 is 0. The van der Waals surface area contributed by atoms with Crippen molar-refractivity contribution in [1.82, 2.24) is 20.0 Å². The van der Waals surface area contributed by atoms with Gasteiger partial charge in [0.2, 0.25) is 5.91 Å². The molecule has 200 valence electrons. The van der Waals surface area contributed by atoms with Gasteiger partial charge < -0.3 is 29.3 Å². The Balaban J connectivity index is 1.18. The van der Waals surface area contributed by atoms with Gasteiger partial charge in [0.15, 0.2) is 11.5 Å². The molecule has 9 heteroatoms. The molecule has 2 aromatic carbocycles. The number of methoxy groups -OCH3 is 2. The zero-order chi connectivity index (χ0) is 26.2. The molecule has 2 saturated heterocycles. The van der Waals surface area contributed by atoms with Crippen LogP contribution in [0, 0.1) is 0 Å². The molecule has 4 rings (SSSR count). The number of nitrogens with one attached hydrogen (secondary N) is 1. The second-order valence-electron chi connectivity index (χ2n) is 9.70. The van der Waals surface area contributed by atoms with Crippen molar-refractivity contribution in [3.63, 3.8) is 0 Å². The Morgan fingerprint density at radius 1 is 1.05 bits per heavy atom. The Bertz CT molecular complexity index is 1070. The van der Waals surface area contributed by atoms with E-state index in [9.17, 15) is 9.59 Å². The summed E-state index contributed by atoms with van der Waals surface area (Å²) in [6.07, 6.45) is 1.54. The molecule has 2 amide bonds. The maximum atomic E-state index is 13.0. The first-order chi connectivity index (χ1) is 17.9. The van der Waals surface area contributed by atoms with Crippen molar-refractivity contribution < 1.29 is 23.8 Å². The number of likely N-dealkylation sites (N-methyl/N-ethyl adjacent to an activating group) is 1. The first-order valence-corrected chi connectivity index (χ1v) is 12.9. The number of carbonyl (C=O) groups excluding carboxylic acids is 2. The minimum Gasteiger partial charge on any atom is -0.493 e. The lowest BCUT2D eigenvalue weighted by molar-refractivity contribution is -0.119. The number of nitrogens with zero attached hydrogens (tertiary/aromatic N) is 3. The molecule has 0 aliphatic carbocycles. The predicted molar refractivity (Wildman–Crippen MR) is 141 cm³/mol. The van der Waals surface area contributed by atoms with Crippen molar-refractivity contribution >= 4 is 11.8 Å². The fourth-order valence-electron chi connectivity index (χ4n) is 4.92. The van der Waals surface area contributed by atoms with E-state index in [-0.39, 0.29) is 17.9 Å². The van der Waals surface area contributed by atoms with Crippen molar-refractivity contribution in [2.45, 2.75) is 25.4 Å². The number of hydrogen-bond acceptors (Lipinski definition) is 7. The topological polar surface area (TPSA) is 83.6 Å². The SMILES string of the molecule is COc1ccc(C(=O)N2CCN(CCOc3cccc(CN(C)CC4CCC(=O)N4)c3)CC2)cc1OC. The van der Waals surface area contributed by atoms with Gasteiger partial charge in [-0.3, -0.25) is 14.5 Å². The molecular weight excluding hydrogens is 472 g/mol. The zero-order valence-corrected chi connectivity index (χ0v) is 22.1. The van der Waals surface area contributed by atoms with Crippen LogP contribution in [0.2, 0.25) is 0 Å². The highest BCUT2D eigenvalue weighted by atomic mass is 16.5. The van der Waals surface area contributed by atoms with E-state index < -0.39 is 0 Å². The second kappa shape index (κ2) is 12.8. The number of piperazine rings is 1. The van der Waals surface area contributed by atoms with E-state index in [4.69, 9.17) is 14.2 Å². The van der Waals surface area contributed by atoms with Crippen LogP contribution < -0.4 is 19.5 Å². The molecule has 2 aromatic rings. The summed E-state index contributed by atoms with van der Waals surface area (Å²) in [7, 11) is 5.23. The monoisotopic (exact) mass is 510 g/mol. The maximum absolute atomic E-state index is 13.0. The van der Waals surface area contributed by atoms with E-state index in [1.165, 1.54) is 5.56 Å². The third kappa shape index (κ3) is 7.36. The van der Waals surface area contributed by atoms with Gasteiger partial charge in [-0.25, -0.2) is 0 Å². The van der Waals surface area contributed by atoms with Crippen LogP contribution in [0.25, 0.3) is 0 Å². The van der Waals surface area contributed by atoms with E-state index in [2.05, 4.69) is 34.3 Å². The van der Waals surface area contributed by atoms with Gasteiger partial charge in [-0.15, -0.1) is 0 Å².